The van der Waals surface area contributed by atoms with Crippen LogP contribution >= 0.6 is 46.4 Å². The second-order valence-electron chi connectivity index (χ2n) is 5.96. The van der Waals surface area contributed by atoms with Crippen molar-refractivity contribution in [2.75, 3.05) is 10.0 Å². The molecule has 0 bridgehead atoms. The van der Waals surface area contributed by atoms with Crippen molar-refractivity contribution < 1.29 is 17.6 Å². The largest absolute Gasteiger partial charge is 0.319 e. The van der Waals surface area contributed by atoms with E-state index in [-0.39, 0.29) is 36.9 Å². The van der Waals surface area contributed by atoms with Crippen LogP contribution in [0, 0.1) is 5.82 Å². The van der Waals surface area contributed by atoms with Gasteiger partial charge in [0.25, 0.3) is 15.9 Å². The second kappa shape index (κ2) is 8.99. The van der Waals surface area contributed by atoms with E-state index in [0.29, 0.717) is 5.02 Å². The summed E-state index contributed by atoms with van der Waals surface area (Å²) in [6.07, 6.45) is 0. The Kier molecular flexibility index (Phi) is 6.79. The van der Waals surface area contributed by atoms with Crippen molar-refractivity contribution in [3.63, 3.8) is 0 Å². The molecule has 0 radical (unpaired) electrons. The fraction of sp³-hybridized carbons (Fsp3) is 0. The summed E-state index contributed by atoms with van der Waals surface area (Å²) in [6, 6.07) is 11.6. The first-order valence-electron chi connectivity index (χ1n) is 8.10. The molecule has 0 aromatic heterocycles. The lowest BCUT2D eigenvalue weighted by molar-refractivity contribution is 0.102. The Hall–Kier alpha value is -2.03. The smallest absolute Gasteiger partial charge is 0.262 e. The number of carbonyl (C=O) groups excluding carboxylic acids is 1. The number of carbonyl (C=O) groups is 1. The maximum atomic E-state index is 14.5. The van der Waals surface area contributed by atoms with Gasteiger partial charge in [-0.25, -0.2) is 12.8 Å². The molecule has 0 fully saturated rings. The van der Waals surface area contributed by atoms with E-state index < -0.39 is 21.7 Å². The number of hydrogen-bond donors (Lipinski definition) is 2. The Morgan fingerprint density at radius 3 is 2.20 bits per heavy atom. The second-order valence-corrected chi connectivity index (χ2v) is 9.30. The third-order valence-electron chi connectivity index (χ3n) is 3.84. The molecule has 5 nitrogen and oxygen atoms in total. The summed E-state index contributed by atoms with van der Waals surface area (Å²) in [4.78, 5) is 11.8. The van der Waals surface area contributed by atoms with Gasteiger partial charge < -0.3 is 5.32 Å². The van der Waals surface area contributed by atoms with Crippen molar-refractivity contribution in [3.8, 4) is 0 Å². The number of sulfonamides is 1. The van der Waals surface area contributed by atoms with E-state index in [1.807, 2.05) is 0 Å². The third kappa shape index (κ3) is 5.17. The number of benzene rings is 3. The highest BCUT2D eigenvalue weighted by atomic mass is 35.5. The Bertz CT molecular complexity index is 1250. The van der Waals surface area contributed by atoms with E-state index >= 15 is 0 Å². The molecule has 3 aromatic carbocycles. The quantitative estimate of drug-likeness (QED) is 0.387. The zero-order chi connectivity index (χ0) is 22.1. The highest BCUT2D eigenvalue weighted by molar-refractivity contribution is 7.92. The molecule has 2 N–H and O–H groups in total. The Morgan fingerprint density at radius 2 is 1.53 bits per heavy atom. The zero-order valence-electron chi connectivity index (χ0n) is 14.7. The van der Waals surface area contributed by atoms with Crippen LogP contribution in [0.2, 0.25) is 20.1 Å². The number of nitrogens with one attached hydrogen (secondary N) is 2. The van der Waals surface area contributed by atoms with Crippen molar-refractivity contribution in [2.45, 2.75) is 4.90 Å². The van der Waals surface area contributed by atoms with Crippen LogP contribution in [-0.2, 0) is 10.0 Å². The van der Waals surface area contributed by atoms with Crippen molar-refractivity contribution >= 4 is 73.7 Å². The highest BCUT2D eigenvalue weighted by Gasteiger charge is 2.20. The molecule has 1 amide bonds. The van der Waals surface area contributed by atoms with Crippen molar-refractivity contribution in [1.29, 1.82) is 0 Å². The summed E-state index contributed by atoms with van der Waals surface area (Å²) >= 11 is 23.5. The van der Waals surface area contributed by atoms with E-state index in [4.69, 9.17) is 46.4 Å². The first-order chi connectivity index (χ1) is 14.1. The topological polar surface area (TPSA) is 75.3 Å². The van der Waals surface area contributed by atoms with Crippen molar-refractivity contribution in [1.82, 2.24) is 0 Å². The normalized spacial score (nSPS) is 11.2. The van der Waals surface area contributed by atoms with Crippen LogP contribution in [0.25, 0.3) is 0 Å². The first kappa shape index (κ1) is 22.7. The van der Waals surface area contributed by atoms with Gasteiger partial charge in [-0.1, -0.05) is 52.5 Å². The molecule has 0 saturated heterocycles. The molecule has 0 aliphatic heterocycles. The Labute approximate surface area is 191 Å². The fourth-order valence-corrected chi connectivity index (χ4v) is 4.32. The summed E-state index contributed by atoms with van der Waals surface area (Å²) in [5.41, 5.74) is -0.00849. The van der Waals surface area contributed by atoms with Crippen molar-refractivity contribution in [3.05, 3.63) is 86.1 Å². The van der Waals surface area contributed by atoms with Crippen LogP contribution in [-0.4, -0.2) is 14.3 Å². The summed E-state index contributed by atoms with van der Waals surface area (Å²) in [6.45, 7) is 0. The minimum absolute atomic E-state index is 0.0128. The molecule has 3 aromatic rings. The molecular weight excluding hydrogens is 497 g/mol. The van der Waals surface area contributed by atoms with Crippen LogP contribution < -0.4 is 10.0 Å². The molecule has 11 heteroatoms. The lowest BCUT2D eigenvalue weighted by Crippen LogP contribution is -2.15. The molecule has 3 rings (SSSR count). The highest BCUT2D eigenvalue weighted by Crippen LogP contribution is 2.33. The van der Waals surface area contributed by atoms with Gasteiger partial charge >= 0.3 is 0 Å². The van der Waals surface area contributed by atoms with E-state index in [0.717, 1.165) is 18.2 Å². The molecule has 156 valence electrons. The minimum atomic E-state index is -4.20. The summed E-state index contributed by atoms with van der Waals surface area (Å²) in [7, 11) is -4.20. The number of halogens is 5. The fourth-order valence-electron chi connectivity index (χ4n) is 2.39. The number of rotatable bonds is 5. The molecule has 0 heterocycles. The molecule has 0 aliphatic carbocycles. The maximum absolute atomic E-state index is 14.5. The van der Waals surface area contributed by atoms with Gasteiger partial charge in [0.2, 0.25) is 0 Å². The Balaban J connectivity index is 1.83. The molecule has 0 aliphatic rings. The monoisotopic (exact) mass is 506 g/mol. The molecule has 0 unspecified atom stereocenters. The van der Waals surface area contributed by atoms with E-state index in [1.165, 1.54) is 24.3 Å². The molecule has 0 atom stereocenters. The lowest BCUT2D eigenvalue weighted by atomic mass is 10.2. The molecule has 0 spiro atoms. The number of hydrogen-bond acceptors (Lipinski definition) is 3. The summed E-state index contributed by atoms with van der Waals surface area (Å²) in [5, 5.41) is 2.96. The van der Waals surface area contributed by atoms with Gasteiger partial charge in [-0.3, -0.25) is 9.52 Å². The predicted molar refractivity (Wildman–Crippen MR) is 118 cm³/mol. The van der Waals surface area contributed by atoms with Gasteiger partial charge in [-0.15, -0.1) is 0 Å². The number of amides is 1. The van der Waals surface area contributed by atoms with Gasteiger partial charge in [0, 0.05) is 10.6 Å². The van der Waals surface area contributed by atoms with Crippen LogP contribution in [0.4, 0.5) is 15.8 Å². The first-order valence-corrected chi connectivity index (χ1v) is 11.1. The minimum Gasteiger partial charge on any atom is -0.319 e. The molecular formula is C19H11Cl4FN2O3S. The molecule has 30 heavy (non-hydrogen) atoms. The van der Waals surface area contributed by atoms with Crippen LogP contribution in [0.15, 0.2) is 59.5 Å². The number of anilines is 2. The van der Waals surface area contributed by atoms with Crippen LogP contribution in [0.1, 0.15) is 10.4 Å². The summed E-state index contributed by atoms with van der Waals surface area (Å²) in [5.74, 6) is -1.55. The zero-order valence-corrected chi connectivity index (χ0v) is 18.6. The van der Waals surface area contributed by atoms with E-state index in [9.17, 15) is 17.6 Å². The SMILES string of the molecule is O=C(Nc1ccc(S(=O)(=O)Nc2cc(Cl)c(Cl)cc2Cl)cc1F)c1cccc(Cl)c1. The standard InChI is InChI=1S/C19H11Cl4FN2O3S/c20-11-3-1-2-10(6-11)19(27)25-17-5-4-12(7-16(17)24)30(28,29)26-18-9-14(22)13(21)8-15(18)23/h1-9,26H,(H,25,27). The van der Waals surface area contributed by atoms with Crippen molar-refractivity contribution in [2.24, 2.45) is 0 Å². The van der Waals surface area contributed by atoms with Gasteiger partial charge in [-0.2, -0.15) is 0 Å². The lowest BCUT2D eigenvalue weighted by Gasteiger charge is -2.12. The summed E-state index contributed by atoms with van der Waals surface area (Å²) < 4.78 is 41.9. The van der Waals surface area contributed by atoms with E-state index in [1.54, 1.807) is 12.1 Å². The van der Waals surface area contributed by atoms with Crippen LogP contribution in [0.5, 0.6) is 0 Å². The van der Waals surface area contributed by atoms with Gasteiger partial charge in [-0.05, 0) is 48.5 Å². The van der Waals surface area contributed by atoms with Gasteiger partial charge in [0.15, 0.2) is 0 Å². The van der Waals surface area contributed by atoms with Crippen LogP contribution in [0.3, 0.4) is 0 Å². The third-order valence-corrected chi connectivity index (χ3v) is 6.47. The Morgan fingerprint density at radius 1 is 0.833 bits per heavy atom. The van der Waals surface area contributed by atoms with Gasteiger partial charge in [0.1, 0.15) is 5.82 Å². The average molecular weight is 508 g/mol. The predicted octanol–water partition coefficient (Wildman–Crippen LogP) is 6.49. The molecule has 0 saturated carbocycles. The average Bonchev–Trinajstić information content (AvgIpc) is 2.67. The maximum Gasteiger partial charge on any atom is 0.262 e. The van der Waals surface area contributed by atoms with E-state index in [2.05, 4.69) is 10.0 Å². The van der Waals surface area contributed by atoms with Gasteiger partial charge in [0.05, 0.1) is 31.3 Å².